The van der Waals surface area contributed by atoms with Crippen molar-refractivity contribution in [3.63, 3.8) is 0 Å². The van der Waals surface area contributed by atoms with Crippen LogP contribution in [0.4, 0.5) is 10.5 Å². The Morgan fingerprint density at radius 1 is 1.52 bits per heavy atom. The highest BCUT2D eigenvalue weighted by Gasteiger charge is 2.14. The first-order valence-electron chi connectivity index (χ1n) is 7.47. The lowest BCUT2D eigenvalue weighted by molar-refractivity contribution is 0.143. The highest BCUT2D eigenvalue weighted by Crippen LogP contribution is 2.26. The molecule has 1 atom stereocenters. The number of aliphatic hydroxyl groups is 1. The Labute approximate surface area is 126 Å². The summed E-state index contributed by atoms with van der Waals surface area (Å²) in [7, 11) is 3.80. The fourth-order valence-corrected chi connectivity index (χ4v) is 2.74. The molecule has 0 fully saturated rings. The largest absolute Gasteiger partial charge is 0.392 e. The van der Waals surface area contributed by atoms with Crippen molar-refractivity contribution in [1.29, 1.82) is 0 Å². The Bertz CT molecular complexity index is 502. The Hall–Kier alpha value is -1.75. The Morgan fingerprint density at radius 2 is 2.29 bits per heavy atom. The number of likely N-dealkylation sites (N-methyl/N-ethyl adjacent to an activating group) is 1. The highest BCUT2D eigenvalue weighted by molar-refractivity contribution is 5.73. The van der Waals surface area contributed by atoms with E-state index in [1.54, 1.807) is 14.0 Å². The number of hydrogen-bond donors (Lipinski definition) is 2. The SMILES string of the molecule is CC(O)CN(C)C(=O)NCc1ccc2c(c1)CCCN2C. The maximum atomic E-state index is 11.9. The number of aliphatic hydroxyl groups excluding tert-OH is 1. The zero-order valence-electron chi connectivity index (χ0n) is 13.1. The van der Waals surface area contributed by atoms with E-state index in [-0.39, 0.29) is 6.03 Å². The minimum absolute atomic E-state index is 0.161. The van der Waals surface area contributed by atoms with Gasteiger partial charge < -0.3 is 20.2 Å². The molecule has 1 heterocycles. The predicted molar refractivity (Wildman–Crippen MR) is 84.6 cm³/mol. The molecule has 1 unspecified atom stereocenters. The summed E-state index contributed by atoms with van der Waals surface area (Å²) in [5.41, 5.74) is 3.76. The number of benzene rings is 1. The van der Waals surface area contributed by atoms with E-state index in [9.17, 15) is 9.90 Å². The first kappa shape index (κ1) is 15.6. The number of nitrogens with zero attached hydrogens (tertiary/aromatic N) is 2. The van der Waals surface area contributed by atoms with Gasteiger partial charge in [0.25, 0.3) is 0 Å². The van der Waals surface area contributed by atoms with E-state index < -0.39 is 6.10 Å². The third kappa shape index (κ3) is 4.11. The Morgan fingerprint density at radius 3 is 3.00 bits per heavy atom. The van der Waals surface area contributed by atoms with E-state index in [0.717, 1.165) is 18.5 Å². The molecule has 21 heavy (non-hydrogen) atoms. The van der Waals surface area contributed by atoms with Gasteiger partial charge in [-0.25, -0.2) is 4.79 Å². The minimum atomic E-state index is -0.514. The highest BCUT2D eigenvalue weighted by atomic mass is 16.3. The number of hydrogen-bond acceptors (Lipinski definition) is 3. The van der Waals surface area contributed by atoms with Crippen molar-refractivity contribution >= 4 is 11.7 Å². The molecule has 0 aliphatic carbocycles. The molecule has 1 aliphatic rings. The van der Waals surface area contributed by atoms with Crippen LogP contribution in [0, 0.1) is 0 Å². The number of urea groups is 1. The van der Waals surface area contributed by atoms with Crippen LogP contribution in [0.15, 0.2) is 18.2 Å². The Kier molecular flexibility index (Phi) is 5.07. The first-order chi connectivity index (χ1) is 9.97. The molecule has 0 radical (unpaired) electrons. The molecule has 2 N–H and O–H groups in total. The molecule has 5 heteroatoms. The molecule has 2 rings (SSSR count). The van der Waals surface area contributed by atoms with E-state index in [1.165, 1.54) is 22.6 Å². The second-order valence-electron chi connectivity index (χ2n) is 5.88. The molecule has 1 aliphatic heterocycles. The number of fused-ring (bicyclic) bond motifs is 1. The van der Waals surface area contributed by atoms with Gasteiger partial charge in [0.1, 0.15) is 0 Å². The van der Waals surface area contributed by atoms with Crippen LogP contribution in [0.2, 0.25) is 0 Å². The zero-order valence-corrected chi connectivity index (χ0v) is 13.1. The number of amides is 2. The molecular weight excluding hydrogens is 266 g/mol. The topological polar surface area (TPSA) is 55.8 Å². The van der Waals surface area contributed by atoms with Crippen LogP contribution in [0.1, 0.15) is 24.5 Å². The normalized spacial score (nSPS) is 15.3. The average molecular weight is 291 g/mol. The van der Waals surface area contributed by atoms with Crippen LogP contribution in [0.5, 0.6) is 0 Å². The number of rotatable bonds is 4. The number of carbonyl (C=O) groups is 1. The molecule has 0 spiro atoms. The fourth-order valence-electron chi connectivity index (χ4n) is 2.74. The third-order valence-electron chi connectivity index (χ3n) is 3.82. The van der Waals surface area contributed by atoms with Crippen LogP contribution >= 0.6 is 0 Å². The summed E-state index contributed by atoms with van der Waals surface area (Å²) in [5.74, 6) is 0. The van der Waals surface area contributed by atoms with Crippen molar-refractivity contribution < 1.29 is 9.90 Å². The lowest BCUT2D eigenvalue weighted by Gasteiger charge is -2.28. The van der Waals surface area contributed by atoms with Crippen molar-refractivity contribution in [1.82, 2.24) is 10.2 Å². The van der Waals surface area contributed by atoms with Gasteiger partial charge in [-0.3, -0.25) is 0 Å². The molecule has 5 nitrogen and oxygen atoms in total. The van der Waals surface area contributed by atoms with Gasteiger partial charge in [0, 0.05) is 39.4 Å². The lowest BCUT2D eigenvalue weighted by atomic mass is 9.99. The first-order valence-corrected chi connectivity index (χ1v) is 7.47. The van der Waals surface area contributed by atoms with Crippen LogP contribution in [-0.2, 0) is 13.0 Å². The lowest BCUT2D eigenvalue weighted by Crippen LogP contribution is -2.40. The monoisotopic (exact) mass is 291 g/mol. The standard InChI is InChI=1S/C16H25N3O2/c1-12(20)11-19(3)16(21)17-10-13-6-7-15-14(9-13)5-4-8-18(15)2/h6-7,9,12,20H,4-5,8,10-11H2,1-3H3,(H,17,21). The average Bonchev–Trinajstić information content (AvgIpc) is 2.44. The molecule has 2 amide bonds. The van der Waals surface area contributed by atoms with Crippen molar-refractivity contribution in [2.45, 2.75) is 32.4 Å². The van der Waals surface area contributed by atoms with Crippen LogP contribution in [0.3, 0.4) is 0 Å². The summed E-state index contributed by atoms with van der Waals surface area (Å²) >= 11 is 0. The molecule has 116 valence electrons. The summed E-state index contributed by atoms with van der Waals surface area (Å²) in [5, 5.41) is 12.2. The maximum Gasteiger partial charge on any atom is 0.317 e. The molecule has 1 aromatic rings. The second-order valence-corrected chi connectivity index (χ2v) is 5.88. The van der Waals surface area contributed by atoms with E-state index in [2.05, 4.69) is 35.5 Å². The van der Waals surface area contributed by atoms with Crippen molar-refractivity contribution in [2.75, 3.05) is 32.1 Å². The van der Waals surface area contributed by atoms with Crippen LogP contribution in [0.25, 0.3) is 0 Å². The summed E-state index contributed by atoms with van der Waals surface area (Å²) in [6, 6.07) is 6.22. The van der Waals surface area contributed by atoms with Gasteiger partial charge in [0.2, 0.25) is 0 Å². The van der Waals surface area contributed by atoms with Gasteiger partial charge >= 0.3 is 6.03 Å². The van der Waals surface area contributed by atoms with Gasteiger partial charge in [0.15, 0.2) is 0 Å². The summed E-state index contributed by atoms with van der Waals surface area (Å²) < 4.78 is 0. The number of nitrogens with one attached hydrogen (secondary N) is 1. The van der Waals surface area contributed by atoms with Crippen molar-refractivity contribution in [3.8, 4) is 0 Å². The van der Waals surface area contributed by atoms with E-state index in [1.807, 2.05) is 0 Å². The van der Waals surface area contributed by atoms with Gasteiger partial charge in [-0.2, -0.15) is 0 Å². The molecule has 0 saturated carbocycles. The Balaban J connectivity index is 1.93. The van der Waals surface area contributed by atoms with Gasteiger partial charge in [-0.1, -0.05) is 12.1 Å². The summed E-state index contributed by atoms with van der Waals surface area (Å²) in [6.07, 6.45) is 1.76. The number of carbonyl (C=O) groups excluding carboxylic acids is 1. The molecular formula is C16H25N3O2. The van der Waals surface area contributed by atoms with E-state index >= 15 is 0 Å². The maximum absolute atomic E-state index is 11.9. The fraction of sp³-hybridized carbons (Fsp3) is 0.562. The third-order valence-corrected chi connectivity index (χ3v) is 3.82. The number of aryl methyl sites for hydroxylation is 1. The van der Waals surface area contributed by atoms with Gasteiger partial charge in [-0.15, -0.1) is 0 Å². The molecule has 0 saturated heterocycles. The minimum Gasteiger partial charge on any atom is -0.392 e. The summed E-state index contributed by atoms with van der Waals surface area (Å²) in [4.78, 5) is 15.7. The van der Waals surface area contributed by atoms with Gasteiger partial charge in [-0.05, 0) is 37.0 Å². The van der Waals surface area contributed by atoms with Crippen molar-refractivity contribution in [2.24, 2.45) is 0 Å². The second kappa shape index (κ2) is 6.80. The van der Waals surface area contributed by atoms with E-state index in [4.69, 9.17) is 0 Å². The van der Waals surface area contributed by atoms with Crippen LogP contribution in [-0.4, -0.2) is 49.3 Å². The predicted octanol–water partition coefficient (Wildman–Crippen LogP) is 1.59. The smallest absolute Gasteiger partial charge is 0.317 e. The molecule has 0 bridgehead atoms. The van der Waals surface area contributed by atoms with Crippen molar-refractivity contribution in [3.05, 3.63) is 29.3 Å². The quantitative estimate of drug-likeness (QED) is 0.886. The number of anilines is 1. The van der Waals surface area contributed by atoms with E-state index in [0.29, 0.717) is 13.1 Å². The summed E-state index contributed by atoms with van der Waals surface area (Å²) in [6.45, 7) is 3.62. The zero-order chi connectivity index (χ0) is 15.4. The van der Waals surface area contributed by atoms with Gasteiger partial charge in [0.05, 0.1) is 6.10 Å². The van der Waals surface area contributed by atoms with Crippen LogP contribution < -0.4 is 10.2 Å². The molecule has 0 aromatic heterocycles. The molecule has 1 aromatic carbocycles.